The lowest BCUT2D eigenvalue weighted by molar-refractivity contribution is -0.256. The summed E-state index contributed by atoms with van der Waals surface area (Å²) in [6.07, 6.45) is -3.59. The molecule has 4 aliphatic heterocycles. The van der Waals surface area contributed by atoms with E-state index in [-0.39, 0.29) is 35.8 Å². The van der Waals surface area contributed by atoms with Crippen LogP contribution in [0.4, 0.5) is 13.2 Å². The van der Waals surface area contributed by atoms with Crippen LogP contribution in [0.15, 0.2) is 28.2 Å². The average Bonchev–Trinajstić information content (AvgIpc) is 3.48. The molecule has 3 fully saturated rings. The molecule has 2 saturated heterocycles. The summed E-state index contributed by atoms with van der Waals surface area (Å²) in [5.74, 6) is -6.12. The van der Waals surface area contributed by atoms with Crippen LogP contribution in [0, 0.1) is 18.8 Å². The lowest BCUT2D eigenvalue weighted by atomic mass is 9.81. The van der Waals surface area contributed by atoms with E-state index in [4.69, 9.17) is 16.2 Å². The van der Waals surface area contributed by atoms with Crippen LogP contribution in [-0.2, 0) is 20.5 Å². The number of aliphatic imine (C=N–C) groups is 2. The molecule has 0 bridgehead atoms. The fraction of sp³-hybridized carbons (Fsp3) is 0.577. The largest absolute Gasteiger partial charge is 0.451 e. The molecule has 6 atom stereocenters. The molecule has 1 spiro atoms. The minimum absolute atomic E-state index is 0.175. The van der Waals surface area contributed by atoms with Gasteiger partial charge in [0.25, 0.3) is 0 Å². The summed E-state index contributed by atoms with van der Waals surface area (Å²) in [4.78, 5) is 50.4. The van der Waals surface area contributed by atoms with Crippen molar-refractivity contribution in [3.8, 4) is 0 Å². The van der Waals surface area contributed by atoms with Crippen LogP contribution in [0.1, 0.15) is 47.2 Å². The number of nitrogens with zero attached hydrogens (tertiary/aromatic N) is 4. The first-order valence-corrected chi connectivity index (χ1v) is 13.6. The zero-order valence-electron chi connectivity index (χ0n) is 22.5. The number of ether oxygens (including phenoxy) is 1. The first-order valence-electron chi connectivity index (χ1n) is 13.6. The number of hydrogen-bond donors (Lipinski definition) is 5. The van der Waals surface area contributed by atoms with E-state index in [1.54, 1.807) is 0 Å². The molecule has 1 aliphatic carbocycles. The van der Waals surface area contributed by atoms with Gasteiger partial charge in [0, 0.05) is 0 Å². The molecule has 4 unspecified atom stereocenters. The van der Waals surface area contributed by atoms with Crippen LogP contribution < -0.4 is 16.8 Å². The normalized spacial score (nSPS) is 33.4. The molecule has 42 heavy (non-hydrogen) atoms. The highest BCUT2D eigenvalue weighted by Crippen LogP contribution is 2.47. The summed E-state index contributed by atoms with van der Waals surface area (Å²) in [6, 6.07) is 0.304. The van der Waals surface area contributed by atoms with E-state index in [0.29, 0.717) is 18.9 Å². The van der Waals surface area contributed by atoms with Crippen molar-refractivity contribution < 1.29 is 42.5 Å². The van der Waals surface area contributed by atoms with Gasteiger partial charge in [-0.15, -0.1) is 0 Å². The fourth-order valence-corrected chi connectivity index (χ4v) is 6.98. The van der Waals surface area contributed by atoms with Crippen LogP contribution in [-0.4, -0.2) is 92.4 Å². The molecular weight excluding hydrogens is 563 g/mol. The number of halogens is 3. The third-order valence-electron chi connectivity index (χ3n) is 9.08. The van der Waals surface area contributed by atoms with Crippen molar-refractivity contribution in [2.75, 3.05) is 13.1 Å². The first-order chi connectivity index (χ1) is 19.7. The molecule has 13 nitrogen and oxygen atoms in total. The zero-order valence-corrected chi connectivity index (χ0v) is 22.5. The number of rotatable bonds is 4. The highest BCUT2D eigenvalue weighted by atomic mass is 19.4. The number of carbonyl (C=O) groups excluding carboxylic acids is 3. The van der Waals surface area contributed by atoms with E-state index in [1.165, 1.54) is 11.8 Å². The van der Waals surface area contributed by atoms with Gasteiger partial charge in [-0.1, -0.05) is 18.9 Å². The molecule has 1 aromatic rings. The molecule has 4 heterocycles. The molecule has 1 aromatic carbocycles. The van der Waals surface area contributed by atoms with Crippen molar-refractivity contribution >= 4 is 29.7 Å². The highest BCUT2D eigenvalue weighted by Gasteiger charge is 2.74. The van der Waals surface area contributed by atoms with Gasteiger partial charge in [-0.25, -0.2) is 14.8 Å². The number of alkyl halides is 3. The number of aliphatic hydroxyl groups is 2. The monoisotopic (exact) mass is 593 g/mol. The molecule has 0 radical (unpaired) electrons. The number of fused-ring (bicyclic) bond motifs is 1. The summed E-state index contributed by atoms with van der Waals surface area (Å²) < 4.78 is 45.3. The van der Waals surface area contributed by atoms with Crippen molar-refractivity contribution in [3.05, 3.63) is 34.9 Å². The maximum absolute atomic E-state index is 13.3. The van der Waals surface area contributed by atoms with Gasteiger partial charge in [-0.05, 0) is 37.5 Å². The number of benzene rings is 1. The second kappa shape index (κ2) is 9.29. The Kier molecular flexibility index (Phi) is 6.24. The van der Waals surface area contributed by atoms with E-state index < -0.39 is 71.3 Å². The standard InChI is InChI=1S/C26H30F3N7O6/c1-11-6-7-12(26(27,28)29)8-15(11)21(39)42-17-10-36-23(31)32-16(18-24(36,25(17,40)41)34-22(30)33-18)9-35-19(37)13-4-2-3-5-14(13)20(35)38/h6-8,13-14,16-18,40-41H,2-5,9-10H2,1H3,(H2,31,32)(H3,30,33,34)/t13?,14?,16?,17?,18-,24-/m0/s1. The van der Waals surface area contributed by atoms with Gasteiger partial charge in [0.15, 0.2) is 23.7 Å². The molecule has 1 saturated carbocycles. The number of carbonyl (C=O) groups is 3. The Balaban J connectivity index is 1.29. The predicted octanol–water partition coefficient (Wildman–Crippen LogP) is -0.609. The van der Waals surface area contributed by atoms with Crippen LogP contribution in [0.25, 0.3) is 0 Å². The third kappa shape index (κ3) is 3.95. The Morgan fingerprint density at radius 3 is 2.40 bits per heavy atom. The Hall–Kier alpha value is -3.92. The number of esters is 1. The van der Waals surface area contributed by atoms with Gasteiger partial charge in [0.05, 0.1) is 42.1 Å². The molecule has 226 valence electrons. The molecule has 7 N–H and O–H groups in total. The number of nitrogens with one attached hydrogen (secondary N) is 1. The maximum Gasteiger partial charge on any atom is 0.416 e. The van der Waals surface area contributed by atoms with Crippen molar-refractivity contribution in [1.29, 1.82) is 0 Å². The lowest BCUT2D eigenvalue weighted by Crippen LogP contribution is -2.77. The molecule has 5 aliphatic rings. The summed E-state index contributed by atoms with van der Waals surface area (Å²) in [5, 5.41) is 25.8. The van der Waals surface area contributed by atoms with E-state index in [1.807, 2.05) is 0 Å². The second-order valence-electron chi connectivity index (χ2n) is 11.4. The van der Waals surface area contributed by atoms with Gasteiger partial charge in [0.1, 0.15) is 6.04 Å². The van der Waals surface area contributed by atoms with Crippen molar-refractivity contribution in [2.24, 2.45) is 33.3 Å². The average molecular weight is 594 g/mol. The van der Waals surface area contributed by atoms with E-state index in [0.717, 1.165) is 29.9 Å². The van der Waals surface area contributed by atoms with Gasteiger partial charge in [-0.3, -0.25) is 14.5 Å². The van der Waals surface area contributed by atoms with Gasteiger partial charge in [0.2, 0.25) is 17.6 Å². The fourth-order valence-electron chi connectivity index (χ4n) is 6.98. The smallest absolute Gasteiger partial charge is 0.416 e. The number of likely N-dealkylation sites (tertiary alicyclic amines) is 1. The highest BCUT2D eigenvalue weighted by molar-refractivity contribution is 6.05. The maximum atomic E-state index is 13.3. The van der Waals surface area contributed by atoms with Crippen molar-refractivity contribution in [2.45, 2.75) is 68.4 Å². The third-order valence-corrected chi connectivity index (χ3v) is 9.08. The number of nitrogens with two attached hydrogens (primary N) is 2. The van der Waals surface area contributed by atoms with Gasteiger partial charge in [-0.2, -0.15) is 13.2 Å². The minimum atomic E-state index is -4.72. The molecule has 0 aromatic heterocycles. The first kappa shape index (κ1) is 28.2. The number of amides is 2. The molecular formula is C26H30F3N7O6. The number of imide groups is 1. The van der Waals surface area contributed by atoms with Crippen LogP contribution in [0.3, 0.4) is 0 Å². The van der Waals surface area contributed by atoms with Crippen LogP contribution in [0.2, 0.25) is 0 Å². The molecule has 16 heteroatoms. The molecule has 6 rings (SSSR count). The summed E-state index contributed by atoms with van der Waals surface area (Å²) in [7, 11) is 0. The second-order valence-corrected chi connectivity index (χ2v) is 11.4. The SMILES string of the molecule is Cc1ccc(C(F)(F)F)cc1C(=O)OC1CN2C(N)=NC(CN3C(=O)C4CCCCC4C3=O)[C@@H]3N=C(N)N[C@@]32C1(O)O. The van der Waals surface area contributed by atoms with Crippen LogP contribution in [0.5, 0.6) is 0 Å². The summed E-state index contributed by atoms with van der Waals surface area (Å²) in [6.45, 7) is 0.735. The zero-order chi connectivity index (χ0) is 30.4. The quantitative estimate of drug-likeness (QED) is 0.171. The van der Waals surface area contributed by atoms with Crippen LogP contribution >= 0.6 is 0 Å². The Bertz CT molecular complexity index is 1410. The van der Waals surface area contributed by atoms with Gasteiger partial charge < -0.3 is 36.6 Å². The van der Waals surface area contributed by atoms with Gasteiger partial charge >= 0.3 is 12.1 Å². The van der Waals surface area contributed by atoms with E-state index in [2.05, 4.69) is 15.3 Å². The number of hydrogen-bond acceptors (Lipinski definition) is 12. The molecule has 2 amide bonds. The summed E-state index contributed by atoms with van der Waals surface area (Å²) in [5.41, 5.74) is 8.89. The predicted molar refractivity (Wildman–Crippen MR) is 138 cm³/mol. The van der Waals surface area contributed by atoms with Crippen molar-refractivity contribution in [3.63, 3.8) is 0 Å². The Labute approximate surface area is 237 Å². The Morgan fingerprint density at radius 2 is 1.79 bits per heavy atom. The minimum Gasteiger partial charge on any atom is -0.451 e. The number of aryl methyl sites for hydroxylation is 1. The van der Waals surface area contributed by atoms with E-state index >= 15 is 0 Å². The number of guanidine groups is 2. The Morgan fingerprint density at radius 1 is 1.14 bits per heavy atom. The van der Waals surface area contributed by atoms with E-state index in [9.17, 15) is 37.8 Å². The lowest BCUT2D eigenvalue weighted by Gasteiger charge is -2.48. The summed E-state index contributed by atoms with van der Waals surface area (Å²) >= 11 is 0. The topological polar surface area (TPSA) is 196 Å². The van der Waals surface area contributed by atoms with Crippen molar-refractivity contribution in [1.82, 2.24) is 15.1 Å².